The number of hydrogen-bond acceptors (Lipinski definition) is 3. The second-order valence-electron chi connectivity index (χ2n) is 5.56. The van der Waals surface area contributed by atoms with Crippen LogP contribution in [0.3, 0.4) is 0 Å². The standard InChI is InChI=1S/C16H26N2O2/c1-5-12(6-2)18(10-11(3)4)14-9-7-8-13(15(14)17)16(19)20/h7-9,11-12H,5-6,10,17H2,1-4H3,(H,19,20). The largest absolute Gasteiger partial charge is 0.478 e. The van der Waals surface area contributed by atoms with Crippen molar-refractivity contribution in [1.29, 1.82) is 0 Å². The summed E-state index contributed by atoms with van der Waals surface area (Å²) in [6, 6.07) is 5.62. The molecule has 0 saturated heterocycles. The van der Waals surface area contributed by atoms with E-state index >= 15 is 0 Å². The first-order valence-electron chi connectivity index (χ1n) is 7.30. The first-order valence-corrected chi connectivity index (χ1v) is 7.30. The summed E-state index contributed by atoms with van der Waals surface area (Å²) in [4.78, 5) is 13.5. The number of hydrogen-bond donors (Lipinski definition) is 2. The molecule has 112 valence electrons. The number of para-hydroxylation sites is 1. The Hall–Kier alpha value is -1.71. The van der Waals surface area contributed by atoms with Crippen molar-refractivity contribution >= 4 is 17.3 Å². The van der Waals surface area contributed by atoms with E-state index in [0.29, 0.717) is 17.6 Å². The Morgan fingerprint density at radius 2 is 1.90 bits per heavy atom. The molecule has 0 heterocycles. The van der Waals surface area contributed by atoms with Gasteiger partial charge in [-0.3, -0.25) is 0 Å². The number of nitrogens with zero attached hydrogens (tertiary/aromatic N) is 1. The van der Waals surface area contributed by atoms with Crippen molar-refractivity contribution in [2.45, 2.75) is 46.6 Å². The Bertz CT molecular complexity index is 454. The molecule has 0 aromatic heterocycles. The number of carboxylic acids is 1. The van der Waals surface area contributed by atoms with Crippen molar-refractivity contribution in [3.63, 3.8) is 0 Å². The molecule has 3 N–H and O–H groups in total. The van der Waals surface area contributed by atoms with Crippen molar-refractivity contribution in [3.05, 3.63) is 23.8 Å². The number of anilines is 2. The van der Waals surface area contributed by atoms with E-state index in [2.05, 4.69) is 32.6 Å². The molecule has 0 unspecified atom stereocenters. The molecule has 4 heteroatoms. The molecule has 0 atom stereocenters. The lowest BCUT2D eigenvalue weighted by Crippen LogP contribution is -2.38. The molecule has 20 heavy (non-hydrogen) atoms. The molecule has 0 amide bonds. The summed E-state index contributed by atoms with van der Waals surface area (Å²) >= 11 is 0. The van der Waals surface area contributed by atoms with Crippen LogP contribution in [0.1, 0.15) is 50.9 Å². The van der Waals surface area contributed by atoms with Crippen LogP contribution in [0.2, 0.25) is 0 Å². The molecule has 0 fully saturated rings. The van der Waals surface area contributed by atoms with Gasteiger partial charge in [0.05, 0.1) is 16.9 Å². The minimum atomic E-state index is -0.974. The maximum Gasteiger partial charge on any atom is 0.337 e. The monoisotopic (exact) mass is 278 g/mol. The maximum absolute atomic E-state index is 11.2. The fourth-order valence-electron chi connectivity index (χ4n) is 2.56. The summed E-state index contributed by atoms with van der Waals surface area (Å²) in [5, 5.41) is 9.21. The highest BCUT2D eigenvalue weighted by molar-refractivity contribution is 5.97. The van der Waals surface area contributed by atoms with Gasteiger partial charge in [-0.25, -0.2) is 4.79 Å². The minimum absolute atomic E-state index is 0.183. The molecule has 0 spiro atoms. The van der Waals surface area contributed by atoms with E-state index in [-0.39, 0.29) is 5.56 Å². The number of carbonyl (C=O) groups is 1. The first kappa shape index (κ1) is 16.3. The van der Waals surface area contributed by atoms with Crippen LogP contribution in [0, 0.1) is 5.92 Å². The molecule has 1 rings (SSSR count). The minimum Gasteiger partial charge on any atom is -0.478 e. The van der Waals surface area contributed by atoms with E-state index in [9.17, 15) is 9.90 Å². The average Bonchev–Trinajstić information content (AvgIpc) is 2.38. The summed E-state index contributed by atoms with van der Waals surface area (Å²) in [7, 11) is 0. The van der Waals surface area contributed by atoms with Gasteiger partial charge < -0.3 is 15.7 Å². The number of benzene rings is 1. The van der Waals surface area contributed by atoms with Crippen LogP contribution in [0.25, 0.3) is 0 Å². The third kappa shape index (κ3) is 3.65. The van der Waals surface area contributed by atoms with Gasteiger partial charge in [0.2, 0.25) is 0 Å². The lowest BCUT2D eigenvalue weighted by Gasteiger charge is -2.35. The van der Waals surface area contributed by atoms with Gasteiger partial charge in [0.1, 0.15) is 0 Å². The van der Waals surface area contributed by atoms with Gasteiger partial charge in [-0.15, -0.1) is 0 Å². The molecule has 0 aliphatic carbocycles. The predicted molar refractivity (Wildman–Crippen MR) is 84.4 cm³/mol. The predicted octanol–water partition coefficient (Wildman–Crippen LogP) is 3.62. The number of rotatable bonds is 7. The number of aromatic carboxylic acids is 1. The van der Waals surface area contributed by atoms with Crippen molar-refractivity contribution in [3.8, 4) is 0 Å². The molecule has 0 bridgehead atoms. The van der Waals surface area contributed by atoms with Crippen LogP contribution in [0.15, 0.2) is 18.2 Å². The number of nitrogen functional groups attached to an aromatic ring is 1. The molecular formula is C16H26N2O2. The van der Waals surface area contributed by atoms with Gasteiger partial charge in [0.25, 0.3) is 0 Å². The molecule has 1 aromatic carbocycles. The Balaban J connectivity index is 3.26. The molecule has 0 saturated carbocycles. The fraction of sp³-hybridized carbons (Fsp3) is 0.562. The third-order valence-electron chi connectivity index (χ3n) is 3.57. The zero-order valence-electron chi connectivity index (χ0n) is 12.9. The van der Waals surface area contributed by atoms with E-state index in [1.807, 2.05) is 6.07 Å². The van der Waals surface area contributed by atoms with Crippen LogP contribution < -0.4 is 10.6 Å². The van der Waals surface area contributed by atoms with Gasteiger partial charge in [-0.1, -0.05) is 33.8 Å². The van der Waals surface area contributed by atoms with E-state index in [1.165, 1.54) is 0 Å². The zero-order valence-corrected chi connectivity index (χ0v) is 12.9. The van der Waals surface area contributed by atoms with E-state index in [4.69, 9.17) is 5.73 Å². The average molecular weight is 278 g/mol. The molecule has 0 aliphatic heterocycles. The van der Waals surface area contributed by atoms with Crippen molar-refractivity contribution in [2.75, 3.05) is 17.2 Å². The summed E-state index contributed by atoms with van der Waals surface area (Å²) in [5.74, 6) is -0.484. The molecule has 1 aromatic rings. The van der Waals surface area contributed by atoms with Gasteiger partial charge in [0.15, 0.2) is 0 Å². The van der Waals surface area contributed by atoms with Gasteiger partial charge >= 0.3 is 5.97 Å². The third-order valence-corrected chi connectivity index (χ3v) is 3.57. The summed E-state index contributed by atoms with van der Waals surface area (Å²) in [5.41, 5.74) is 7.48. The van der Waals surface area contributed by atoms with Gasteiger partial charge in [-0.2, -0.15) is 0 Å². The van der Waals surface area contributed by atoms with Crippen molar-refractivity contribution in [2.24, 2.45) is 5.92 Å². The molecule has 4 nitrogen and oxygen atoms in total. The van der Waals surface area contributed by atoms with Crippen LogP contribution in [-0.4, -0.2) is 23.7 Å². The van der Waals surface area contributed by atoms with Crippen molar-refractivity contribution < 1.29 is 9.90 Å². The highest BCUT2D eigenvalue weighted by Crippen LogP contribution is 2.30. The Morgan fingerprint density at radius 1 is 1.30 bits per heavy atom. The van der Waals surface area contributed by atoms with E-state index in [0.717, 1.165) is 25.1 Å². The smallest absolute Gasteiger partial charge is 0.337 e. The molecule has 0 radical (unpaired) electrons. The van der Waals surface area contributed by atoms with Crippen LogP contribution in [0.4, 0.5) is 11.4 Å². The van der Waals surface area contributed by atoms with Gasteiger partial charge in [0, 0.05) is 12.6 Å². The zero-order chi connectivity index (χ0) is 15.3. The van der Waals surface area contributed by atoms with E-state index in [1.54, 1.807) is 12.1 Å². The van der Waals surface area contributed by atoms with E-state index < -0.39 is 5.97 Å². The Kier molecular flexibility index (Phi) is 5.86. The fourth-order valence-corrected chi connectivity index (χ4v) is 2.56. The second kappa shape index (κ2) is 7.17. The van der Waals surface area contributed by atoms with Crippen LogP contribution in [0.5, 0.6) is 0 Å². The van der Waals surface area contributed by atoms with Crippen LogP contribution in [-0.2, 0) is 0 Å². The lowest BCUT2D eigenvalue weighted by molar-refractivity contribution is 0.0698. The number of nitrogens with two attached hydrogens (primary N) is 1. The number of carboxylic acid groups (broad SMARTS) is 1. The van der Waals surface area contributed by atoms with Crippen LogP contribution >= 0.6 is 0 Å². The Morgan fingerprint density at radius 3 is 2.35 bits per heavy atom. The lowest BCUT2D eigenvalue weighted by atomic mass is 10.0. The Labute approximate surface area is 121 Å². The topological polar surface area (TPSA) is 66.6 Å². The second-order valence-corrected chi connectivity index (χ2v) is 5.56. The van der Waals surface area contributed by atoms with Gasteiger partial charge in [-0.05, 0) is 30.9 Å². The summed E-state index contributed by atoms with van der Waals surface area (Å²) < 4.78 is 0. The normalized spacial score (nSPS) is 11.1. The highest BCUT2D eigenvalue weighted by atomic mass is 16.4. The summed E-state index contributed by atoms with van der Waals surface area (Å²) in [6.45, 7) is 9.50. The highest BCUT2D eigenvalue weighted by Gasteiger charge is 2.21. The maximum atomic E-state index is 11.2. The van der Waals surface area contributed by atoms with Crippen molar-refractivity contribution in [1.82, 2.24) is 0 Å². The SMILES string of the molecule is CCC(CC)N(CC(C)C)c1cccc(C(=O)O)c1N. The quantitative estimate of drug-likeness (QED) is 0.748. The molecular weight excluding hydrogens is 252 g/mol. The summed E-state index contributed by atoms with van der Waals surface area (Å²) in [6.07, 6.45) is 2.03. The molecule has 0 aliphatic rings. The first-order chi connectivity index (χ1) is 9.42.